The zero-order chi connectivity index (χ0) is 14.3. The molecule has 20 heavy (non-hydrogen) atoms. The lowest BCUT2D eigenvalue weighted by Crippen LogP contribution is -2.35. The summed E-state index contributed by atoms with van der Waals surface area (Å²) in [7, 11) is 1.89. The molecule has 1 aliphatic heterocycles. The molecule has 1 unspecified atom stereocenters. The lowest BCUT2D eigenvalue weighted by molar-refractivity contribution is 0.112. The Bertz CT molecular complexity index is 661. The van der Waals surface area contributed by atoms with Crippen LogP contribution in [0, 0.1) is 12.8 Å². The number of aldehydes is 1. The minimum absolute atomic E-state index is 0.647. The van der Waals surface area contributed by atoms with Gasteiger partial charge in [-0.05, 0) is 31.7 Å². The number of nitrogens with zero attached hydrogens (tertiary/aromatic N) is 4. The van der Waals surface area contributed by atoms with Crippen LogP contribution >= 0.6 is 0 Å². The molecule has 1 atom stereocenters. The van der Waals surface area contributed by atoms with Gasteiger partial charge in [-0.1, -0.05) is 6.92 Å². The van der Waals surface area contributed by atoms with Crippen LogP contribution < -0.4 is 4.90 Å². The second kappa shape index (κ2) is 4.89. The number of piperidine rings is 1. The number of aromatic nitrogens is 3. The SMILES string of the molecule is Cc1nn(C)c2nc(N3CCCC(C)C3)c(C=O)cc12. The Hall–Kier alpha value is -1.91. The number of anilines is 1. The van der Waals surface area contributed by atoms with E-state index >= 15 is 0 Å². The van der Waals surface area contributed by atoms with E-state index in [1.54, 1.807) is 4.68 Å². The van der Waals surface area contributed by atoms with Crippen molar-refractivity contribution in [3.05, 3.63) is 17.3 Å². The molecule has 0 spiro atoms. The largest absolute Gasteiger partial charge is 0.356 e. The normalized spacial score (nSPS) is 19.6. The van der Waals surface area contributed by atoms with Gasteiger partial charge in [-0.2, -0.15) is 5.10 Å². The molecule has 1 aliphatic rings. The molecule has 0 bridgehead atoms. The second-order valence-corrected chi connectivity index (χ2v) is 5.79. The van der Waals surface area contributed by atoms with Crippen molar-refractivity contribution < 1.29 is 4.79 Å². The molecule has 0 radical (unpaired) electrons. The van der Waals surface area contributed by atoms with Gasteiger partial charge in [-0.25, -0.2) is 4.98 Å². The molecule has 106 valence electrons. The molecule has 0 aliphatic carbocycles. The molecule has 0 amide bonds. The van der Waals surface area contributed by atoms with Gasteiger partial charge >= 0.3 is 0 Å². The number of carbonyl (C=O) groups is 1. The Labute approximate surface area is 118 Å². The van der Waals surface area contributed by atoms with Crippen molar-refractivity contribution in [2.45, 2.75) is 26.7 Å². The van der Waals surface area contributed by atoms with Crippen LogP contribution in [-0.2, 0) is 7.05 Å². The molecular weight excluding hydrogens is 252 g/mol. The van der Waals surface area contributed by atoms with Crippen LogP contribution in [0.2, 0.25) is 0 Å². The Morgan fingerprint density at radius 1 is 1.45 bits per heavy atom. The van der Waals surface area contributed by atoms with Crippen LogP contribution in [0.4, 0.5) is 5.82 Å². The van der Waals surface area contributed by atoms with Crippen LogP contribution in [0.15, 0.2) is 6.07 Å². The summed E-state index contributed by atoms with van der Waals surface area (Å²) < 4.78 is 1.79. The van der Waals surface area contributed by atoms with E-state index in [1.165, 1.54) is 6.42 Å². The molecule has 1 fully saturated rings. The summed E-state index contributed by atoms with van der Waals surface area (Å²) in [5.74, 6) is 1.45. The highest BCUT2D eigenvalue weighted by Gasteiger charge is 2.21. The van der Waals surface area contributed by atoms with Crippen molar-refractivity contribution >= 4 is 23.1 Å². The van der Waals surface area contributed by atoms with Gasteiger partial charge in [0.25, 0.3) is 0 Å². The molecule has 0 saturated carbocycles. The first kappa shape index (κ1) is 13.1. The fourth-order valence-electron chi connectivity index (χ4n) is 3.07. The minimum Gasteiger partial charge on any atom is -0.356 e. The van der Waals surface area contributed by atoms with E-state index in [-0.39, 0.29) is 0 Å². The number of aryl methyl sites for hydroxylation is 2. The molecule has 0 N–H and O–H groups in total. The second-order valence-electron chi connectivity index (χ2n) is 5.79. The molecule has 3 rings (SSSR count). The van der Waals surface area contributed by atoms with E-state index in [2.05, 4.69) is 16.9 Å². The van der Waals surface area contributed by atoms with E-state index < -0.39 is 0 Å². The average molecular weight is 272 g/mol. The van der Waals surface area contributed by atoms with Gasteiger partial charge in [-0.3, -0.25) is 9.48 Å². The lowest BCUT2D eigenvalue weighted by Gasteiger charge is -2.32. The Kier molecular flexibility index (Phi) is 3.20. The highest BCUT2D eigenvalue weighted by Crippen LogP contribution is 2.27. The molecule has 3 heterocycles. The first-order chi connectivity index (χ1) is 9.60. The van der Waals surface area contributed by atoms with Crippen LogP contribution in [0.25, 0.3) is 11.0 Å². The first-order valence-corrected chi connectivity index (χ1v) is 7.14. The van der Waals surface area contributed by atoms with Crippen molar-refractivity contribution in [2.24, 2.45) is 13.0 Å². The maximum absolute atomic E-state index is 11.4. The molecule has 5 heteroatoms. The lowest BCUT2D eigenvalue weighted by atomic mass is 10.00. The monoisotopic (exact) mass is 272 g/mol. The van der Waals surface area contributed by atoms with E-state index in [4.69, 9.17) is 4.98 Å². The first-order valence-electron chi connectivity index (χ1n) is 7.14. The van der Waals surface area contributed by atoms with Crippen molar-refractivity contribution in [1.82, 2.24) is 14.8 Å². The number of rotatable bonds is 2. The number of hydrogen-bond donors (Lipinski definition) is 0. The number of hydrogen-bond acceptors (Lipinski definition) is 4. The van der Waals surface area contributed by atoms with Crippen LogP contribution in [-0.4, -0.2) is 34.1 Å². The highest BCUT2D eigenvalue weighted by molar-refractivity contribution is 5.91. The number of fused-ring (bicyclic) bond motifs is 1. The Morgan fingerprint density at radius 2 is 2.25 bits per heavy atom. The van der Waals surface area contributed by atoms with Crippen LogP contribution in [0.1, 0.15) is 35.8 Å². The smallest absolute Gasteiger partial charge is 0.160 e. The summed E-state index contributed by atoms with van der Waals surface area (Å²) in [5.41, 5.74) is 2.43. The van der Waals surface area contributed by atoms with Crippen molar-refractivity contribution in [3.63, 3.8) is 0 Å². The average Bonchev–Trinajstić information content (AvgIpc) is 2.72. The van der Waals surface area contributed by atoms with Gasteiger partial charge in [0.1, 0.15) is 5.82 Å². The maximum atomic E-state index is 11.4. The molecular formula is C15H20N4O. The predicted octanol–water partition coefficient (Wildman–Crippen LogP) is 2.33. The van der Waals surface area contributed by atoms with Crippen molar-refractivity contribution in [3.8, 4) is 0 Å². The summed E-state index contributed by atoms with van der Waals surface area (Å²) in [6, 6.07) is 1.92. The Morgan fingerprint density at radius 3 is 2.95 bits per heavy atom. The molecule has 0 aromatic carbocycles. The van der Waals surface area contributed by atoms with Gasteiger partial charge in [0.05, 0.1) is 11.3 Å². The summed E-state index contributed by atoms with van der Waals surface area (Å²) >= 11 is 0. The van der Waals surface area contributed by atoms with E-state index in [0.29, 0.717) is 11.5 Å². The maximum Gasteiger partial charge on any atom is 0.160 e. The van der Waals surface area contributed by atoms with Crippen LogP contribution in [0.5, 0.6) is 0 Å². The molecule has 1 saturated heterocycles. The summed E-state index contributed by atoms with van der Waals surface area (Å²) in [6.45, 7) is 6.14. The van der Waals surface area contributed by atoms with E-state index in [9.17, 15) is 4.79 Å². The quantitative estimate of drug-likeness (QED) is 0.787. The standard InChI is InChI=1S/C15H20N4O/c1-10-5-4-6-19(8-10)14-12(9-20)7-13-11(2)17-18(3)15(13)16-14/h7,9-10H,4-6,8H2,1-3H3. The zero-order valence-electron chi connectivity index (χ0n) is 12.3. The summed E-state index contributed by atoms with van der Waals surface area (Å²) in [6.07, 6.45) is 3.32. The number of carbonyl (C=O) groups excluding carboxylic acids is 1. The van der Waals surface area contributed by atoms with Crippen molar-refractivity contribution in [1.29, 1.82) is 0 Å². The predicted molar refractivity (Wildman–Crippen MR) is 79.2 cm³/mol. The van der Waals surface area contributed by atoms with Crippen molar-refractivity contribution in [2.75, 3.05) is 18.0 Å². The summed E-state index contributed by atoms with van der Waals surface area (Å²) in [4.78, 5) is 18.4. The number of pyridine rings is 1. The third-order valence-electron chi connectivity index (χ3n) is 4.09. The zero-order valence-corrected chi connectivity index (χ0v) is 12.3. The molecule has 2 aromatic rings. The fourth-order valence-corrected chi connectivity index (χ4v) is 3.07. The molecule has 2 aromatic heterocycles. The van der Waals surface area contributed by atoms with E-state index in [0.717, 1.165) is 48.3 Å². The fraction of sp³-hybridized carbons (Fsp3) is 0.533. The van der Waals surface area contributed by atoms with Gasteiger partial charge < -0.3 is 4.90 Å². The van der Waals surface area contributed by atoms with Gasteiger partial charge in [0.2, 0.25) is 0 Å². The minimum atomic E-state index is 0.647. The summed E-state index contributed by atoms with van der Waals surface area (Å²) in [5, 5.41) is 5.35. The van der Waals surface area contributed by atoms with E-state index in [1.807, 2.05) is 20.0 Å². The molecule has 5 nitrogen and oxygen atoms in total. The van der Waals surface area contributed by atoms with Gasteiger partial charge in [0, 0.05) is 25.5 Å². The Balaban J connectivity index is 2.13. The van der Waals surface area contributed by atoms with Gasteiger partial charge in [0.15, 0.2) is 11.9 Å². The third-order valence-corrected chi connectivity index (χ3v) is 4.09. The van der Waals surface area contributed by atoms with Crippen LogP contribution in [0.3, 0.4) is 0 Å². The van der Waals surface area contributed by atoms with Gasteiger partial charge in [-0.15, -0.1) is 0 Å². The third kappa shape index (κ3) is 2.07. The highest BCUT2D eigenvalue weighted by atomic mass is 16.1. The topological polar surface area (TPSA) is 51.0 Å².